The summed E-state index contributed by atoms with van der Waals surface area (Å²) in [6, 6.07) is 7.46. The molecule has 0 saturated carbocycles. The van der Waals surface area contributed by atoms with Gasteiger partial charge in [0.15, 0.2) is 0 Å². The molecule has 6 nitrogen and oxygen atoms in total. The maximum absolute atomic E-state index is 12.0. The molecule has 3 rings (SSSR count). The molecule has 0 aromatic heterocycles. The number of carbonyl (C=O) groups excluding carboxylic acids is 2. The second-order valence-electron chi connectivity index (χ2n) is 6.41. The maximum Gasteiger partial charge on any atom is 0.241 e. The molecule has 23 heavy (non-hydrogen) atoms. The van der Waals surface area contributed by atoms with Crippen LogP contribution in [0.2, 0.25) is 0 Å². The van der Waals surface area contributed by atoms with Crippen molar-refractivity contribution >= 4 is 17.5 Å². The minimum Gasteiger partial charge on any atom is -0.343 e. The van der Waals surface area contributed by atoms with E-state index in [0.717, 1.165) is 30.6 Å². The molecule has 2 fully saturated rings. The van der Waals surface area contributed by atoms with Crippen molar-refractivity contribution in [2.45, 2.75) is 37.9 Å². The number of likely N-dealkylation sites (tertiary alicyclic amines) is 1. The first-order chi connectivity index (χ1) is 11.1. The van der Waals surface area contributed by atoms with Crippen molar-refractivity contribution in [3.05, 3.63) is 29.8 Å². The molecule has 6 heteroatoms. The number of nitrogens with two attached hydrogens (primary N) is 1. The van der Waals surface area contributed by atoms with E-state index >= 15 is 0 Å². The van der Waals surface area contributed by atoms with Crippen molar-refractivity contribution in [2.75, 3.05) is 25.0 Å². The van der Waals surface area contributed by atoms with Crippen LogP contribution in [0.4, 0.5) is 5.69 Å². The highest BCUT2D eigenvalue weighted by atomic mass is 16.2. The Morgan fingerprint density at radius 1 is 1.22 bits per heavy atom. The van der Waals surface area contributed by atoms with E-state index in [-0.39, 0.29) is 23.9 Å². The predicted molar refractivity (Wildman–Crippen MR) is 88.9 cm³/mol. The Morgan fingerprint density at radius 2 is 1.96 bits per heavy atom. The van der Waals surface area contributed by atoms with Crippen molar-refractivity contribution in [2.24, 2.45) is 5.73 Å². The van der Waals surface area contributed by atoms with Crippen LogP contribution < -0.4 is 16.0 Å². The van der Waals surface area contributed by atoms with Crippen molar-refractivity contribution in [3.8, 4) is 0 Å². The molecule has 1 aromatic carbocycles. The molecule has 0 spiro atoms. The van der Waals surface area contributed by atoms with Gasteiger partial charge in [-0.25, -0.2) is 0 Å². The Morgan fingerprint density at radius 3 is 2.57 bits per heavy atom. The molecule has 2 atom stereocenters. The van der Waals surface area contributed by atoms with Crippen LogP contribution >= 0.6 is 0 Å². The number of nitrogens with zero attached hydrogens (tertiary/aromatic N) is 2. The fraction of sp³-hybridized carbons (Fsp3) is 0.529. The van der Waals surface area contributed by atoms with E-state index in [4.69, 9.17) is 5.73 Å². The summed E-state index contributed by atoms with van der Waals surface area (Å²) in [5, 5.41) is 3.24. The van der Waals surface area contributed by atoms with Gasteiger partial charge in [-0.15, -0.1) is 0 Å². The average Bonchev–Trinajstić information content (AvgIpc) is 2.79. The molecule has 0 radical (unpaired) electrons. The van der Waals surface area contributed by atoms with Crippen LogP contribution in [0.25, 0.3) is 0 Å². The number of likely N-dealkylation sites (N-methyl/N-ethyl adjacent to an activating group) is 1. The molecule has 0 aliphatic carbocycles. The number of rotatable bonds is 4. The van der Waals surface area contributed by atoms with Crippen LogP contribution in [0.3, 0.4) is 0 Å². The van der Waals surface area contributed by atoms with Gasteiger partial charge in [-0.2, -0.15) is 0 Å². The summed E-state index contributed by atoms with van der Waals surface area (Å²) < 4.78 is 0. The highest BCUT2D eigenvalue weighted by molar-refractivity contribution is 5.93. The topological polar surface area (TPSA) is 78.7 Å². The smallest absolute Gasteiger partial charge is 0.241 e. The van der Waals surface area contributed by atoms with Gasteiger partial charge in [-0.3, -0.25) is 9.59 Å². The number of carbonyl (C=O) groups is 2. The first kappa shape index (κ1) is 16.0. The minimum atomic E-state index is -0.316. The lowest BCUT2D eigenvalue weighted by molar-refractivity contribution is -0.128. The number of anilines is 1. The summed E-state index contributed by atoms with van der Waals surface area (Å²) in [5.74, 6) is 0.251. The summed E-state index contributed by atoms with van der Waals surface area (Å²) in [6.45, 7) is 1.98. The number of hydrogen-bond acceptors (Lipinski definition) is 4. The Kier molecular flexibility index (Phi) is 4.63. The number of amides is 2. The maximum atomic E-state index is 12.0. The van der Waals surface area contributed by atoms with E-state index in [9.17, 15) is 9.59 Å². The summed E-state index contributed by atoms with van der Waals surface area (Å²) in [5.41, 5.74) is 8.02. The van der Waals surface area contributed by atoms with E-state index in [1.165, 1.54) is 0 Å². The lowest BCUT2D eigenvalue weighted by Gasteiger charge is -2.27. The third kappa shape index (κ3) is 3.38. The van der Waals surface area contributed by atoms with E-state index in [0.29, 0.717) is 19.5 Å². The zero-order valence-electron chi connectivity index (χ0n) is 13.5. The number of benzene rings is 1. The molecule has 2 aliphatic rings. The monoisotopic (exact) mass is 316 g/mol. The lowest BCUT2D eigenvalue weighted by Crippen LogP contribution is -2.45. The first-order valence-electron chi connectivity index (χ1n) is 8.19. The van der Waals surface area contributed by atoms with Crippen molar-refractivity contribution in [1.29, 1.82) is 0 Å². The molecule has 2 unspecified atom stereocenters. The molecular formula is C17H24N4O2. The van der Waals surface area contributed by atoms with Crippen LogP contribution in [-0.4, -0.2) is 48.9 Å². The van der Waals surface area contributed by atoms with Crippen LogP contribution in [0, 0.1) is 0 Å². The molecule has 2 saturated heterocycles. The van der Waals surface area contributed by atoms with Crippen LogP contribution in [-0.2, 0) is 16.1 Å². The summed E-state index contributed by atoms with van der Waals surface area (Å²) in [7, 11) is 1.77. The SMILES string of the molecule is CN1CC(N)C(NCc2ccc(N3CCCCC3=O)cc2)C1=O. The third-order valence-electron chi connectivity index (χ3n) is 4.65. The molecule has 0 bridgehead atoms. The molecule has 2 heterocycles. The minimum absolute atomic E-state index is 0.0491. The summed E-state index contributed by atoms with van der Waals surface area (Å²) >= 11 is 0. The van der Waals surface area contributed by atoms with Crippen molar-refractivity contribution < 1.29 is 9.59 Å². The Bertz CT molecular complexity index is 587. The Balaban J connectivity index is 1.59. The molecule has 1 aromatic rings. The second kappa shape index (κ2) is 6.68. The van der Waals surface area contributed by atoms with E-state index in [1.54, 1.807) is 11.9 Å². The Labute approximate surface area is 136 Å². The van der Waals surface area contributed by atoms with Gasteiger partial charge in [-0.05, 0) is 30.5 Å². The molecule has 2 amide bonds. The van der Waals surface area contributed by atoms with Gasteiger partial charge in [-0.1, -0.05) is 12.1 Å². The van der Waals surface area contributed by atoms with Gasteiger partial charge < -0.3 is 20.9 Å². The summed E-state index contributed by atoms with van der Waals surface area (Å²) in [4.78, 5) is 27.4. The fourth-order valence-electron chi connectivity index (χ4n) is 3.27. The standard InChI is InChI=1S/C17H24N4O2/c1-20-11-14(18)16(17(20)23)19-10-12-5-7-13(8-6-12)21-9-3-2-4-15(21)22/h5-8,14,16,19H,2-4,9-11,18H2,1H3. The normalized spacial score (nSPS) is 25.3. The van der Waals surface area contributed by atoms with Crippen molar-refractivity contribution in [1.82, 2.24) is 10.2 Å². The fourth-order valence-corrected chi connectivity index (χ4v) is 3.27. The highest BCUT2D eigenvalue weighted by Crippen LogP contribution is 2.21. The third-order valence-corrected chi connectivity index (χ3v) is 4.65. The average molecular weight is 316 g/mol. The van der Waals surface area contributed by atoms with E-state index < -0.39 is 0 Å². The van der Waals surface area contributed by atoms with Crippen LogP contribution in [0.1, 0.15) is 24.8 Å². The zero-order valence-corrected chi connectivity index (χ0v) is 13.5. The summed E-state index contributed by atoms with van der Waals surface area (Å²) in [6.07, 6.45) is 2.68. The van der Waals surface area contributed by atoms with Gasteiger partial charge >= 0.3 is 0 Å². The quantitative estimate of drug-likeness (QED) is 0.846. The van der Waals surface area contributed by atoms with Gasteiger partial charge in [0.25, 0.3) is 0 Å². The van der Waals surface area contributed by atoms with E-state index in [2.05, 4.69) is 5.32 Å². The van der Waals surface area contributed by atoms with Gasteiger partial charge in [0.1, 0.15) is 6.04 Å². The first-order valence-corrected chi connectivity index (χ1v) is 8.19. The molecular weight excluding hydrogens is 292 g/mol. The number of hydrogen-bond donors (Lipinski definition) is 2. The van der Waals surface area contributed by atoms with Crippen LogP contribution in [0.5, 0.6) is 0 Å². The molecule has 3 N–H and O–H groups in total. The van der Waals surface area contributed by atoms with E-state index in [1.807, 2.05) is 29.2 Å². The van der Waals surface area contributed by atoms with Gasteiger partial charge in [0, 0.05) is 44.8 Å². The molecule has 124 valence electrons. The largest absolute Gasteiger partial charge is 0.343 e. The van der Waals surface area contributed by atoms with Crippen LogP contribution in [0.15, 0.2) is 24.3 Å². The Hall–Kier alpha value is -1.92. The highest BCUT2D eigenvalue weighted by Gasteiger charge is 2.35. The number of piperidine rings is 1. The predicted octanol–water partition coefficient (Wildman–Crippen LogP) is 0.461. The lowest BCUT2D eigenvalue weighted by atomic mass is 10.1. The molecule has 2 aliphatic heterocycles. The van der Waals surface area contributed by atoms with Gasteiger partial charge in [0.05, 0.1) is 0 Å². The zero-order chi connectivity index (χ0) is 16.4. The van der Waals surface area contributed by atoms with Gasteiger partial charge in [0.2, 0.25) is 11.8 Å². The second-order valence-corrected chi connectivity index (χ2v) is 6.41. The number of nitrogens with one attached hydrogen (secondary N) is 1. The van der Waals surface area contributed by atoms with Crippen molar-refractivity contribution in [3.63, 3.8) is 0 Å².